The van der Waals surface area contributed by atoms with E-state index in [0.717, 1.165) is 5.56 Å². The molecule has 0 aromatic heterocycles. The Kier molecular flexibility index (Phi) is 2.40. The van der Waals surface area contributed by atoms with Crippen molar-refractivity contribution in [3.8, 4) is 6.07 Å². The van der Waals surface area contributed by atoms with E-state index in [9.17, 15) is 0 Å². The van der Waals surface area contributed by atoms with Gasteiger partial charge < -0.3 is 0 Å². The summed E-state index contributed by atoms with van der Waals surface area (Å²) in [6.07, 6.45) is 0. The maximum atomic E-state index is 8.60. The molecule has 1 aromatic rings. The van der Waals surface area contributed by atoms with Crippen LogP contribution in [-0.4, -0.2) is 12.8 Å². The van der Waals surface area contributed by atoms with E-state index >= 15 is 0 Å². The zero-order chi connectivity index (χ0) is 8.10. The van der Waals surface area contributed by atoms with Crippen LogP contribution < -0.4 is 0 Å². The van der Waals surface area contributed by atoms with Crippen molar-refractivity contribution in [1.29, 1.82) is 5.26 Å². The van der Waals surface area contributed by atoms with Crippen molar-refractivity contribution in [3.05, 3.63) is 35.9 Å². The van der Waals surface area contributed by atoms with E-state index in [1.165, 1.54) is 0 Å². The third kappa shape index (κ3) is 1.65. The van der Waals surface area contributed by atoms with Crippen LogP contribution in [0.5, 0.6) is 0 Å². The van der Waals surface area contributed by atoms with Gasteiger partial charge in [0.25, 0.3) is 0 Å². The summed E-state index contributed by atoms with van der Waals surface area (Å²) in [7, 11) is 1.62. The van der Waals surface area contributed by atoms with Gasteiger partial charge in [-0.05, 0) is 0 Å². The van der Waals surface area contributed by atoms with Gasteiger partial charge in [0.05, 0.1) is 0 Å². The second-order valence-electron chi connectivity index (χ2n) is 2.05. The quantitative estimate of drug-likeness (QED) is 0.552. The molecular weight excluding hydrogens is 136 g/mol. The zero-order valence-corrected chi connectivity index (χ0v) is 6.28. The average molecular weight is 144 g/mol. The summed E-state index contributed by atoms with van der Waals surface area (Å²) in [5.41, 5.74) is 1.35. The van der Waals surface area contributed by atoms with Gasteiger partial charge in [-0.3, -0.25) is 4.99 Å². The maximum absolute atomic E-state index is 8.60. The Labute approximate surface area is 65.8 Å². The topological polar surface area (TPSA) is 36.1 Å². The van der Waals surface area contributed by atoms with Crippen molar-refractivity contribution in [2.24, 2.45) is 4.99 Å². The lowest BCUT2D eigenvalue weighted by Gasteiger charge is -1.93. The van der Waals surface area contributed by atoms with Crippen molar-refractivity contribution in [3.63, 3.8) is 0 Å². The molecule has 11 heavy (non-hydrogen) atoms. The largest absolute Gasteiger partial charge is 0.277 e. The SMILES string of the molecule is C/N=C(/C#N)c1ccccc1. The van der Waals surface area contributed by atoms with E-state index in [-0.39, 0.29) is 0 Å². The van der Waals surface area contributed by atoms with Gasteiger partial charge in [0, 0.05) is 12.6 Å². The Hall–Kier alpha value is -1.62. The number of nitriles is 1. The second kappa shape index (κ2) is 3.52. The standard InChI is InChI=1S/C9H8N2/c1-11-9(7-10)8-5-3-2-4-6-8/h2-6H,1H3/b11-9-. The molecule has 0 aliphatic rings. The number of benzene rings is 1. The number of nitrogens with zero attached hydrogens (tertiary/aromatic N) is 2. The second-order valence-corrected chi connectivity index (χ2v) is 2.05. The molecule has 0 radical (unpaired) electrons. The molecule has 1 aromatic carbocycles. The molecule has 2 heteroatoms. The van der Waals surface area contributed by atoms with Gasteiger partial charge >= 0.3 is 0 Å². The number of aliphatic imine (C=N–C) groups is 1. The van der Waals surface area contributed by atoms with Gasteiger partial charge in [0.2, 0.25) is 0 Å². The van der Waals surface area contributed by atoms with Crippen LogP contribution in [0.1, 0.15) is 5.56 Å². The van der Waals surface area contributed by atoms with Crippen molar-refractivity contribution < 1.29 is 0 Å². The van der Waals surface area contributed by atoms with E-state index in [1.54, 1.807) is 7.05 Å². The summed E-state index contributed by atoms with van der Waals surface area (Å²) in [5, 5.41) is 8.60. The van der Waals surface area contributed by atoms with Gasteiger partial charge in [0.15, 0.2) is 0 Å². The van der Waals surface area contributed by atoms with Crippen LogP contribution in [0, 0.1) is 11.3 Å². The average Bonchev–Trinajstić information content (AvgIpc) is 2.09. The molecule has 54 valence electrons. The normalized spacial score (nSPS) is 10.7. The van der Waals surface area contributed by atoms with Crippen LogP contribution in [-0.2, 0) is 0 Å². The minimum absolute atomic E-state index is 0.477. The fraction of sp³-hybridized carbons (Fsp3) is 0.111. The van der Waals surface area contributed by atoms with Gasteiger partial charge in [-0.1, -0.05) is 30.3 Å². The van der Waals surface area contributed by atoms with Crippen molar-refractivity contribution in [1.82, 2.24) is 0 Å². The number of hydrogen-bond acceptors (Lipinski definition) is 2. The van der Waals surface area contributed by atoms with Crippen LogP contribution in [0.2, 0.25) is 0 Å². The van der Waals surface area contributed by atoms with Gasteiger partial charge in [-0.15, -0.1) is 0 Å². The highest BCUT2D eigenvalue weighted by Crippen LogP contribution is 1.99. The summed E-state index contributed by atoms with van der Waals surface area (Å²) in [4.78, 5) is 3.83. The lowest BCUT2D eigenvalue weighted by molar-refractivity contribution is 1.42. The third-order valence-corrected chi connectivity index (χ3v) is 1.38. The van der Waals surface area contributed by atoms with Crippen LogP contribution in [0.3, 0.4) is 0 Å². The lowest BCUT2D eigenvalue weighted by Crippen LogP contribution is -1.95. The molecule has 0 unspecified atom stereocenters. The molecule has 2 nitrogen and oxygen atoms in total. The minimum atomic E-state index is 0.477. The van der Waals surface area contributed by atoms with Crippen LogP contribution in [0.15, 0.2) is 35.3 Å². The van der Waals surface area contributed by atoms with E-state index in [2.05, 4.69) is 4.99 Å². The van der Waals surface area contributed by atoms with Crippen LogP contribution >= 0.6 is 0 Å². The molecule has 0 saturated carbocycles. The maximum Gasteiger partial charge on any atom is 0.142 e. The van der Waals surface area contributed by atoms with Crippen LogP contribution in [0.25, 0.3) is 0 Å². The van der Waals surface area contributed by atoms with Crippen molar-refractivity contribution in [2.75, 3.05) is 7.05 Å². The molecule has 0 spiro atoms. The summed E-state index contributed by atoms with van der Waals surface area (Å²) in [6, 6.07) is 11.4. The molecule has 0 N–H and O–H groups in total. The van der Waals surface area contributed by atoms with Crippen molar-refractivity contribution >= 4 is 5.71 Å². The first kappa shape index (κ1) is 7.49. The molecule has 1 rings (SSSR count). The number of hydrogen-bond donors (Lipinski definition) is 0. The highest BCUT2D eigenvalue weighted by molar-refractivity contribution is 6.11. The predicted molar refractivity (Wildman–Crippen MR) is 44.5 cm³/mol. The van der Waals surface area contributed by atoms with Gasteiger partial charge in [0.1, 0.15) is 11.8 Å². The Morgan fingerprint density at radius 1 is 1.36 bits per heavy atom. The molecule has 0 aliphatic heterocycles. The van der Waals surface area contributed by atoms with Crippen molar-refractivity contribution in [2.45, 2.75) is 0 Å². The molecule has 0 amide bonds. The molecule has 0 aliphatic carbocycles. The van der Waals surface area contributed by atoms with Crippen LogP contribution in [0.4, 0.5) is 0 Å². The monoisotopic (exact) mass is 144 g/mol. The molecule has 0 heterocycles. The minimum Gasteiger partial charge on any atom is -0.277 e. The highest BCUT2D eigenvalue weighted by atomic mass is 14.7. The fourth-order valence-electron chi connectivity index (χ4n) is 0.840. The highest BCUT2D eigenvalue weighted by Gasteiger charge is 1.96. The first-order chi connectivity index (χ1) is 5.38. The Morgan fingerprint density at radius 2 is 2.00 bits per heavy atom. The third-order valence-electron chi connectivity index (χ3n) is 1.38. The molecule has 0 saturated heterocycles. The molecular formula is C9H8N2. The van der Waals surface area contributed by atoms with E-state index in [0.29, 0.717) is 5.71 Å². The van der Waals surface area contributed by atoms with E-state index in [4.69, 9.17) is 5.26 Å². The fourth-order valence-corrected chi connectivity index (χ4v) is 0.840. The summed E-state index contributed by atoms with van der Waals surface area (Å²) in [5.74, 6) is 0. The molecule has 0 atom stereocenters. The first-order valence-corrected chi connectivity index (χ1v) is 3.31. The molecule has 0 bridgehead atoms. The van der Waals surface area contributed by atoms with Gasteiger partial charge in [-0.25, -0.2) is 0 Å². The van der Waals surface area contributed by atoms with E-state index < -0.39 is 0 Å². The zero-order valence-electron chi connectivity index (χ0n) is 6.28. The Bertz CT molecular complexity index is 293. The smallest absolute Gasteiger partial charge is 0.142 e. The van der Waals surface area contributed by atoms with E-state index in [1.807, 2.05) is 36.4 Å². The number of rotatable bonds is 1. The van der Waals surface area contributed by atoms with Gasteiger partial charge in [-0.2, -0.15) is 5.26 Å². The molecule has 0 fully saturated rings. The summed E-state index contributed by atoms with van der Waals surface area (Å²) >= 11 is 0. The predicted octanol–water partition coefficient (Wildman–Crippen LogP) is 1.63. The Morgan fingerprint density at radius 3 is 2.45 bits per heavy atom. The first-order valence-electron chi connectivity index (χ1n) is 3.31. The Balaban J connectivity index is 3.05. The summed E-state index contributed by atoms with van der Waals surface area (Å²) < 4.78 is 0. The summed E-state index contributed by atoms with van der Waals surface area (Å²) in [6.45, 7) is 0. The lowest BCUT2D eigenvalue weighted by atomic mass is 10.1.